The number of phenolic OH excluding ortho intramolecular Hbond substituents is 1. The molecule has 2 atom stereocenters. The molecule has 0 aromatic heterocycles. The summed E-state index contributed by atoms with van der Waals surface area (Å²) in [6, 6.07) is 8.10. The molecule has 0 radical (unpaired) electrons. The van der Waals surface area contributed by atoms with Gasteiger partial charge in [0.25, 0.3) is 0 Å². The van der Waals surface area contributed by atoms with Gasteiger partial charge in [0, 0.05) is 11.6 Å². The lowest BCUT2D eigenvalue weighted by molar-refractivity contribution is 0.0847. The van der Waals surface area contributed by atoms with Crippen LogP contribution in [-0.4, -0.2) is 41.2 Å². The van der Waals surface area contributed by atoms with E-state index in [9.17, 15) is 5.11 Å². The van der Waals surface area contributed by atoms with Crippen molar-refractivity contribution in [3.63, 3.8) is 0 Å². The number of benzene rings is 1. The number of nitrogens with one attached hydrogen (secondary N) is 1. The monoisotopic (exact) mass is 290 g/mol. The smallest absolute Gasteiger partial charge is 0.115 e. The zero-order valence-electron chi connectivity index (χ0n) is 13.7. The summed E-state index contributed by atoms with van der Waals surface area (Å²) >= 11 is 0. The number of likely N-dealkylation sites (N-methyl/N-ethyl adjacent to an activating group) is 1. The molecule has 1 heterocycles. The van der Waals surface area contributed by atoms with Gasteiger partial charge in [0.2, 0.25) is 0 Å². The second-order valence-electron chi connectivity index (χ2n) is 6.39. The van der Waals surface area contributed by atoms with Crippen LogP contribution in [0.25, 0.3) is 0 Å². The Bertz CT molecular complexity index is 443. The fourth-order valence-corrected chi connectivity index (χ4v) is 3.60. The molecule has 2 rings (SSSR count). The zero-order valence-corrected chi connectivity index (χ0v) is 13.7. The average Bonchev–Trinajstić information content (AvgIpc) is 3.01. The molecular weight excluding hydrogens is 260 g/mol. The van der Waals surface area contributed by atoms with E-state index in [1.807, 2.05) is 12.1 Å². The molecule has 1 saturated heterocycles. The molecule has 0 aliphatic carbocycles. The molecule has 1 aliphatic rings. The van der Waals surface area contributed by atoms with E-state index in [0.29, 0.717) is 11.8 Å². The second kappa shape index (κ2) is 7.28. The normalized spacial score (nSPS) is 20.3. The summed E-state index contributed by atoms with van der Waals surface area (Å²) in [5.41, 5.74) is 1.39. The van der Waals surface area contributed by atoms with Crippen molar-refractivity contribution in [2.24, 2.45) is 0 Å². The van der Waals surface area contributed by atoms with Gasteiger partial charge in [-0.25, -0.2) is 0 Å². The van der Waals surface area contributed by atoms with Crippen LogP contribution in [0.4, 0.5) is 0 Å². The number of rotatable bonds is 7. The first-order valence-corrected chi connectivity index (χ1v) is 8.36. The highest BCUT2D eigenvalue weighted by atomic mass is 16.3. The molecule has 0 bridgehead atoms. The Kier molecular flexibility index (Phi) is 5.65. The Morgan fingerprint density at radius 1 is 1.29 bits per heavy atom. The van der Waals surface area contributed by atoms with Crippen molar-refractivity contribution in [1.82, 2.24) is 10.2 Å². The zero-order chi connectivity index (χ0) is 15.3. The van der Waals surface area contributed by atoms with Gasteiger partial charge in [-0.1, -0.05) is 26.0 Å². The summed E-state index contributed by atoms with van der Waals surface area (Å²) in [7, 11) is 0. The number of likely N-dealkylation sites (tertiary alicyclic amines) is 1. The van der Waals surface area contributed by atoms with Crippen molar-refractivity contribution in [3.8, 4) is 5.75 Å². The quantitative estimate of drug-likeness (QED) is 0.809. The summed E-state index contributed by atoms with van der Waals surface area (Å²) in [4.78, 5) is 2.66. The van der Waals surface area contributed by atoms with Crippen LogP contribution in [0.15, 0.2) is 24.3 Å². The SMILES string of the molecule is CCNC(Cc1cccc(O)c1)C(C)(CC)N1CCCC1. The lowest BCUT2D eigenvalue weighted by Crippen LogP contribution is -2.59. The molecule has 118 valence electrons. The van der Waals surface area contributed by atoms with Crippen molar-refractivity contribution in [2.45, 2.75) is 58.0 Å². The van der Waals surface area contributed by atoms with Crippen LogP contribution in [0.3, 0.4) is 0 Å². The van der Waals surface area contributed by atoms with Crippen LogP contribution in [-0.2, 0) is 6.42 Å². The van der Waals surface area contributed by atoms with E-state index in [2.05, 4.69) is 37.1 Å². The third-order valence-electron chi connectivity index (χ3n) is 5.10. The molecule has 2 N–H and O–H groups in total. The fourth-order valence-electron chi connectivity index (χ4n) is 3.60. The van der Waals surface area contributed by atoms with Crippen molar-refractivity contribution in [2.75, 3.05) is 19.6 Å². The molecule has 21 heavy (non-hydrogen) atoms. The van der Waals surface area contributed by atoms with E-state index >= 15 is 0 Å². The molecular formula is C18H30N2O. The van der Waals surface area contributed by atoms with Gasteiger partial charge in [0.05, 0.1) is 0 Å². The number of aromatic hydroxyl groups is 1. The highest BCUT2D eigenvalue weighted by Crippen LogP contribution is 2.30. The Hall–Kier alpha value is -1.06. The molecule has 0 spiro atoms. The van der Waals surface area contributed by atoms with E-state index in [-0.39, 0.29) is 5.54 Å². The predicted octanol–water partition coefficient (Wildman–Crippen LogP) is 3.18. The van der Waals surface area contributed by atoms with Gasteiger partial charge in [-0.15, -0.1) is 0 Å². The summed E-state index contributed by atoms with van der Waals surface area (Å²) < 4.78 is 0. The van der Waals surface area contributed by atoms with E-state index in [1.54, 1.807) is 6.07 Å². The first kappa shape index (κ1) is 16.3. The fraction of sp³-hybridized carbons (Fsp3) is 0.667. The Balaban J connectivity index is 2.19. The Morgan fingerprint density at radius 2 is 2.00 bits per heavy atom. The van der Waals surface area contributed by atoms with Crippen molar-refractivity contribution >= 4 is 0 Å². The van der Waals surface area contributed by atoms with Gasteiger partial charge in [0.1, 0.15) is 5.75 Å². The van der Waals surface area contributed by atoms with Crippen molar-refractivity contribution in [3.05, 3.63) is 29.8 Å². The molecule has 0 amide bonds. The maximum absolute atomic E-state index is 9.70. The molecule has 0 saturated carbocycles. The van der Waals surface area contributed by atoms with Gasteiger partial charge >= 0.3 is 0 Å². The lowest BCUT2D eigenvalue weighted by atomic mass is 9.83. The minimum absolute atomic E-state index is 0.179. The number of nitrogens with zero attached hydrogens (tertiary/aromatic N) is 1. The summed E-state index contributed by atoms with van der Waals surface area (Å²) in [5.74, 6) is 0.363. The first-order valence-electron chi connectivity index (χ1n) is 8.36. The Labute approximate surface area is 129 Å². The van der Waals surface area contributed by atoms with Crippen molar-refractivity contribution < 1.29 is 5.11 Å². The second-order valence-corrected chi connectivity index (χ2v) is 6.39. The maximum Gasteiger partial charge on any atom is 0.115 e. The predicted molar refractivity (Wildman–Crippen MR) is 88.8 cm³/mol. The number of hydrogen-bond acceptors (Lipinski definition) is 3. The molecule has 1 aromatic rings. The average molecular weight is 290 g/mol. The summed E-state index contributed by atoms with van der Waals surface area (Å²) in [6.45, 7) is 10.3. The molecule has 1 fully saturated rings. The maximum atomic E-state index is 9.70. The van der Waals surface area contributed by atoms with E-state index in [0.717, 1.165) is 19.4 Å². The van der Waals surface area contributed by atoms with Gasteiger partial charge in [-0.2, -0.15) is 0 Å². The van der Waals surface area contributed by atoms with Crippen LogP contribution in [0, 0.1) is 0 Å². The molecule has 3 nitrogen and oxygen atoms in total. The third-order valence-corrected chi connectivity index (χ3v) is 5.10. The molecule has 1 aliphatic heterocycles. The van der Waals surface area contributed by atoms with Crippen LogP contribution in [0.5, 0.6) is 5.75 Å². The number of phenols is 1. The van der Waals surface area contributed by atoms with Crippen LogP contribution in [0.1, 0.15) is 45.6 Å². The van der Waals surface area contributed by atoms with Crippen molar-refractivity contribution in [1.29, 1.82) is 0 Å². The topological polar surface area (TPSA) is 35.5 Å². The van der Waals surface area contributed by atoms with Gasteiger partial charge < -0.3 is 10.4 Å². The first-order chi connectivity index (χ1) is 10.1. The van der Waals surface area contributed by atoms with E-state index in [1.165, 1.54) is 31.5 Å². The molecule has 3 heteroatoms. The van der Waals surface area contributed by atoms with E-state index in [4.69, 9.17) is 0 Å². The minimum atomic E-state index is 0.179. The highest BCUT2D eigenvalue weighted by molar-refractivity contribution is 5.28. The highest BCUT2D eigenvalue weighted by Gasteiger charge is 2.38. The standard InChI is InChI=1S/C18H30N2O/c1-4-18(3,20-11-6-7-12-20)17(19-5-2)14-15-9-8-10-16(21)13-15/h8-10,13,17,19,21H,4-7,11-12,14H2,1-3H3. The van der Waals surface area contributed by atoms with Crippen LogP contribution >= 0.6 is 0 Å². The largest absolute Gasteiger partial charge is 0.508 e. The van der Waals surface area contributed by atoms with E-state index < -0.39 is 0 Å². The minimum Gasteiger partial charge on any atom is -0.508 e. The Morgan fingerprint density at radius 3 is 2.57 bits per heavy atom. The summed E-state index contributed by atoms with van der Waals surface area (Å²) in [6.07, 6.45) is 4.74. The number of hydrogen-bond donors (Lipinski definition) is 2. The molecule has 1 aromatic carbocycles. The van der Waals surface area contributed by atoms with Crippen LogP contribution in [0.2, 0.25) is 0 Å². The summed E-state index contributed by atoms with van der Waals surface area (Å²) in [5, 5.41) is 13.4. The van der Waals surface area contributed by atoms with Gasteiger partial charge in [-0.05, 0) is 69.9 Å². The van der Waals surface area contributed by atoms with Gasteiger partial charge in [0.15, 0.2) is 0 Å². The van der Waals surface area contributed by atoms with Crippen LogP contribution < -0.4 is 5.32 Å². The lowest BCUT2D eigenvalue weighted by Gasteiger charge is -2.45. The molecule has 2 unspecified atom stereocenters. The van der Waals surface area contributed by atoms with Gasteiger partial charge in [-0.3, -0.25) is 4.90 Å². The third kappa shape index (κ3) is 3.78.